The van der Waals surface area contributed by atoms with Gasteiger partial charge in [-0.3, -0.25) is 0 Å². The summed E-state index contributed by atoms with van der Waals surface area (Å²) in [5, 5.41) is 0. The van der Waals surface area contributed by atoms with E-state index in [9.17, 15) is 0 Å². The summed E-state index contributed by atoms with van der Waals surface area (Å²) in [7, 11) is 0. The fourth-order valence-electron chi connectivity index (χ4n) is 0. The molecule has 1 radical (unpaired) electrons. The van der Waals surface area contributed by atoms with E-state index in [1.807, 2.05) is 0 Å². The zero-order chi connectivity index (χ0) is 0. The van der Waals surface area contributed by atoms with Crippen molar-refractivity contribution in [2.45, 2.75) is 0 Å². The van der Waals surface area contributed by atoms with Crippen LogP contribution in [-0.4, -0.2) is 17.4 Å². The SMILES string of the molecule is [Al+3].[Cl-].[Cl-].[Cl-].[Cl-].[Cl-].[Cl-].[Cl-].[Cu+2].[Fe+2]. The molecule has 0 saturated carbocycles. The van der Waals surface area contributed by atoms with Crippen LogP contribution in [0.1, 0.15) is 0 Å². The molecule has 0 saturated heterocycles. The second-order valence-electron chi connectivity index (χ2n) is 0. The van der Waals surface area contributed by atoms with Gasteiger partial charge in [0.25, 0.3) is 0 Å². The molecule has 0 atom stereocenters. The molecule has 71 valence electrons. The summed E-state index contributed by atoms with van der Waals surface area (Å²) in [5.74, 6) is 0. The second-order valence-corrected chi connectivity index (χ2v) is 0. The van der Waals surface area contributed by atoms with Crippen molar-refractivity contribution in [2.75, 3.05) is 0 Å². The minimum atomic E-state index is 0. The largest absolute Gasteiger partial charge is 3.00 e. The monoisotopic (exact) mass is 391 g/mol. The molecule has 0 aromatic rings. The maximum atomic E-state index is 0. The molecule has 0 heterocycles. The summed E-state index contributed by atoms with van der Waals surface area (Å²) in [4.78, 5) is 0. The van der Waals surface area contributed by atoms with E-state index < -0.39 is 0 Å². The third kappa shape index (κ3) is 101. The van der Waals surface area contributed by atoms with E-state index in [1.54, 1.807) is 0 Å². The Hall–Kier alpha value is 3.60. The van der Waals surface area contributed by atoms with Crippen molar-refractivity contribution in [3.05, 3.63) is 0 Å². The molecule has 0 fully saturated rings. The van der Waals surface area contributed by atoms with Gasteiger partial charge in [-0.25, -0.2) is 0 Å². The molecule has 0 aromatic carbocycles. The van der Waals surface area contributed by atoms with Crippen molar-refractivity contribution < 1.29 is 121 Å². The molecule has 0 aliphatic heterocycles. The van der Waals surface area contributed by atoms with Crippen molar-refractivity contribution in [3.8, 4) is 0 Å². The molecular weight excluding hydrogens is 395 g/mol. The van der Waals surface area contributed by atoms with Crippen LogP contribution in [0.2, 0.25) is 0 Å². The van der Waals surface area contributed by atoms with Gasteiger partial charge in [0.05, 0.1) is 0 Å². The number of halogens is 7. The zero-order valence-electron chi connectivity index (χ0n) is 3.88. The quantitative estimate of drug-likeness (QED) is 0.358. The molecule has 0 unspecified atom stereocenters. The summed E-state index contributed by atoms with van der Waals surface area (Å²) in [6, 6.07) is 0. The Balaban J connectivity index is 0. The minimum Gasteiger partial charge on any atom is -1.00 e. The van der Waals surface area contributed by atoms with Crippen molar-refractivity contribution >= 4 is 17.4 Å². The van der Waals surface area contributed by atoms with E-state index in [4.69, 9.17) is 0 Å². The fourth-order valence-corrected chi connectivity index (χ4v) is 0. The van der Waals surface area contributed by atoms with Gasteiger partial charge < -0.3 is 86.8 Å². The summed E-state index contributed by atoms with van der Waals surface area (Å²) in [5.41, 5.74) is 0. The van der Waals surface area contributed by atoms with Gasteiger partial charge in [0.2, 0.25) is 0 Å². The van der Waals surface area contributed by atoms with Crippen molar-refractivity contribution in [2.24, 2.45) is 0 Å². The first kappa shape index (κ1) is 167. The second kappa shape index (κ2) is 131. The smallest absolute Gasteiger partial charge is 1.00 e. The van der Waals surface area contributed by atoms with E-state index in [0.717, 1.165) is 0 Å². The standard InChI is InChI=1S/Al.7ClH.Cu.Fe/h;7*1H;;/q+3;;;;;;;;2*+2/p-7. The van der Waals surface area contributed by atoms with Crippen LogP contribution in [-0.2, 0) is 34.1 Å². The topological polar surface area (TPSA) is 0 Å². The van der Waals surface area contributed by atoms with Crippen LogP contribution in [0.5, 0.6) is 0 Å². The molecule has 0 spiro atoms. The van der Waals surface area contributed by atoms with Crippen LogP contribution in [0.25, 0.3) is 0 Å². The number of hydrogen-bond acceptors (Lipinski definition) is 0. The fraction of sp³-hybridized carbons (Fsp3) is 0. The molecule has 10 heteroatoms. The molecule has 0 aliphatic rings. The first-order valence-corrected chi connectivity index (χ1v) is 0. The minimum absolute atomic E-state index is 0. The normalized spacial score (nSPS) is 0. The Morgan fingerprint density at radius 1 is 0.400 bits per heavy atom. The van der Waals surface area contributed by atoms with E-state index in [1.165, 1.54) is 0 Å². The molecule has 0 N–H and O–H groups in total. The van der Waals surface area contributed by atoms with Gasteiger partial charge in [-0.15, -0.1) is 0 Å². The van der Waals surface area contributed by atoms with Crippen LogP contribution < -0.4 is 86.8 Å². The van der Waals surface area contributed by atoms with Gasteiger partial charge in [0.15, 0.2) is 0 Å². The predicted molar refractivity (Wildman–Crippen MR) is 5.75 cm³/mol. The van der Waals surface area contributed by atoms with Gasteiger partial charge in [0, 0.05) is 0 Å². The van der Waals surface area contributed by atoms with Crippen molar-refractivity contribution in [1.82, 2.24) is 0 Å². The van der Waals surface area contributed by atoms with Gasteiger partial charge in [-0.1, -0.05) is 0 Å². The van der Waals surface area contributed by atoms with Crippen LogP contribution in [0.4, 0.5) is 0 Å². The summed E-state index contributed by atoms with van der Waals surface area (Å²) in [6.45, 7) is 0. The summed E-state index contributed by atoms with van der Waals surface area (Å²) < 4.78 is 0. The molecule has 0 nitrogen and oxygen atoms in total. The molecule has 0 bridgehead atoms. The summed E-state index contributed by atoms with van der Waals surface area (Å²) in [6.07, 6.45) is 0. The predicted octanol–water partition coefficient (Wildman–Crippen LogP) is -21.4. The van der Waals surface area contributed by atoms with Crippen LogP contribution in [0.3, 0.4) is 0 Å². The average Bonchev–Trinajstić information content (AvgIpc) is 0. The van der Waals surface area contributed by atoms with Crippen LogP contribution in [0.15, 0.2) is 0 Å². The maximum absolute atomic E-state index is 0. The van der Waals surface area contributed by atoms with Gasteiger partial charge in [0.1, 0.15) is 0 Å². The zero-order valence-corrected chi connectivity index (χ0v) is 12.4. The molecule has 0 amide bonds. The van der Waals surface area contributed by atoms with Gasteiger partial charge in [-0.2, -0.15) is 0 Å². The van der Waals surface area contributed by atoms with Gasteiger partial charge in [-0.05, 0) is 0 Å². The van der Waals surface area contributed by atoms with Crippen LogP contribution in [0, 0.1) is 0 Å². The Morgan fingerprint density at radius 2 is 0.400 bits per heavy atom. The third-order valence-electron chi connectivity index (χ3n) is 0. The van der Waals surface area contributed by atoms with Crippen molar-refractivity contribution in [1.29, 1.82) is 0 Å². The molecule has 10 heavy (non-hydrogen) atoms. The summed E-state index contributed by atoms with van der Waals surface area (Å²) >= 11 is 0. The van der Waals surface area contributed by atoms with E-state index in [2.05, 4.69) is 0 Å². The Morgan fingerprint density at radius 3 is 0.400 bits per heavy atom. The van der Waals surface area contributed by atoms with E-state index in [0.29, 0.717) is 0 Å². The van der Waals surface area contributed by atoms with E-state index >= 15 is 0 Å². The number of rotatable bonds is 0. The first-order valence-electron chi connectivity index (χ1n) is 0. The molecule has 0 rings (SSSR count). The molecular formula is AlCl7CuFe. The maximum Gasteiger partial charge on any atom is 3.00 e. The van der Waals surface area contributed by atoms with E-state index in [-0.39, 0.29) is 138 Å². The molecule has 0 aliphatic carbocycles. The Bertz CT molecular complexity index is 13.6. The van der Waals surface area contributed by atoms with Crippen molar-refractivity contribution in [3.63, 3.8) is 0 Å². The molecule has 0 aromatic heterocycles. The Kier molecular flexibility index (Phi) is 2180. The van der Waals surface area contributed by atoms with Crippen LogP contribution >= 0.6 is 0 Å². The van der Waals surface area contributed by atoms with Gasteiger partial charge >= 0.3 is 51.5 Å². The number of hydrogen-bond donors (Lipinski definition) is 0. The Labute approximate surface area is 137 Å². The third-order valence-corrected chi connectivity index (χ3v) is 0. The average molecular weight is 395 g/mol. The first-order chi connectivity index (χ1) is 0.